The van der Waals surface area contributed by atoms with Crippen LogP contribution in [0.1, 0.15) is 10.4 Å². The van der Waals surface area contributed by atoms with Crippen LogP contribution < -0.4 is 20.1 Å². The molecule has 9 nitrogen and oxygen atoms in total. The molecule has 0 unspecified atom stereocenters. The fourth-order valence-electron chi connectivity index (χ4n) is 2.42. The van der Waals surface area contributed by atoms with Crippen molar-refractivity contribution in [2.75, 3.05) is 45.1 Å². The number of amides is 1. The van der Waals surface area contributed by atoms with Crippen molar-refractivity contribution in [3.63, 3.8) is 0 Å². The van der Waals surface area contributed by atoms with E-state index in [1.54, 1.807) is 7.11 Å². The van der Waals surface area contributed by atoms with Gasteiger partial charge in [-0.25, -0.2) is 0 Å². The molecule has 28 heavy (non-hydrogen) atoms. The number of carbonyl (C=O) groups is 1. The van der Waals surface area contributed by atoms with E-state index in [1.807, 2.05) is 0 Å². The van der Waals surface area contributed by atoms with E-state index in [2.05, 4.69) is 10.6 Å². The lowest BCUT2D eigenvalue weighted by Crippen LogP contribution is -2.17. The molecule has 2 aromatic rings. The van der Waals surface area contributed by atoms with Gasteiger partial charge in [-0.1, -0.05) is 11.6 Å². The monoisotopic (exact) mass is 409 g/mol. The predicted molar refractivity (Wildman–Crippen MR) is 106 cm³/mol. The molecule has 0 saturated heterocycles. The molecule has 0 aliphatic carbocycles. The van der Waals surface area contributed by atoms with E-state index in [-0.39, 0.29) is 11.3 Å². The molecular weight excluding hydrogens is 390 g/mol. The number of hydrogen-bond donors (Lipinski definition) is 2. The lowest BCUT2D eigenvalue weighted by atomic mass is 10.1. The fraction of sp³-hybridized carbons (Fsp3) is 0.278. The third-order valence-corrected chi connectivity index (χ3v) is 4.10. The highest BCUT2D eigenvalue weighted by atomic mass is 35.5. The summed E-state index contributed by atoms with van der Waals surface area (Å²) >= 11 is 6.07. The molecule has 0 aromatic heterocycles. The van der Waals surface area contributed by atoms with Crippen molar-refractivity contribution in [3.05, 3.63) is 51.0 Å². The molecule has 2 aromatic carbocycles. The number of nitro benzene ring substituents is 1. The van der Waals surface area contributed by atoms with E-state index in [1.165, 1.54) is 44.6 Å². The number of non-ortho nitro benzene ring substituents is 1. The molecule has 0 aliphatic heterocycles. The van der Waals surface area contributed by atoms with E-state index in [4.69, 9.17) is 25.8 Å². The highest BCUT2D eigenvalue weighted by Crippen LogP contribution is 2.36. The van der Waals surface area contributed by atoms with Crippen molar-refractivity contribution in [1.29, 1.82) is 0 Å². The number of benzene rings is 2. The number of methoxy groups -OCH3 is 3. The second-order valence-corrected chi connectivity index (χ2v) is 5.95. The Bertz CT molecular complexity index is 875. The van der Waals surface area contributed by atoms with Crippen molar-refractivity contribution >= 4 is 34.6 Å². The van der Waals surface area contributed by atoms with Crippen molar-refractivity contribution in [2.24, 2.45) is 0 Å². The Labute approximate surface area is 166 Å². The van der Waals surface area contributed by atoms with Crippen molar-refractivity contribution in [2.45, 2.75) is 0 Å². The summed E-state index contributed by atoms with van der Waals surface area (Å²) in [6, 6.07) is 7.00. The molecule has 10 heteroatoms. The van der Waals surface area contributed by atoms with Gasteiger partial charge in [0.1, 0.15) is 11.5 Å². The van der Waals surface area contributed by atoms with Crippen molar-refractivity contribution < 1.29 is 23.9 Å². The molecule has 0 radical (unpaired) electrons. The predicted octanol–water partition coefficient (Wildman–Crippen LogP) is 3.58. The summed E-state index contributed by atoms with van der Waals surface area (Å²) in [5, 5.41) is 17.1. The van der Waals surface area contributed by atoms with Gasteiger partial charge in [-0.3, -0.25) is 14.9 Å². The second-order valence-electron chi connectivity index (χ2n) is 5.55. The van der Waals surface area contributed by atoms with Crippen LogP contribution in [0.4, 0.5) is 17.1 Å². The average molecular weight is 410 g/mol. The summed E-state index contributed by atoms with van der Waals surface area (Å²) in [7, 11) is 4.42. The highest BCUT2D eigenvalue weighted by molar-refractivity contribution is 6.32. The van der Waals surface area contributed by atoms with Crippen LogP contribution in [0.25, 0.3) is 0 Å². The number of hydrogen-bond acceptors (Lipinski definition) is 7. The number of nitrogens with zero attached hydrogens (tertiary/aromatic N) is 1. The smallest absolute Gasteiger partial charge is 0.270 e. The molecule has 0 atom stereocenters. The second kappa shape index (κ2) is 9.77. The zero-order valence-electron chi connectivity index (χ0n) is 15.6. The molecule has 1 amide bonds. The standard InChI is InChI=1S/C18H20ClN3O6/c1-26-7-6-20-14-5-4-11(22(24)25)8-12(14)18(23)21-15-10-16(27-2)13(19)9-17(15)28-3/h4-5,8-10,20H,6-7H2,1-3H3,(H,21,23). The molecule has 0 spiro atoms. The Kier molecular flexibility index (Phi) is 7.42. The Morgan fingerprint density at radius 1 is 1.11 bits per heavy atom. The normalized spacial score (nSPS) is 10.3. The molecule has 0 aliphatic rings. The summed E-state index contributed by atoms with van der Waals surface area (Å²) in [4.78, 5) is 23.4. The van der Waals surface area contributed by atoms with Gasteiger partial charge in [0, 0.05) is 43.6 Å². The molecule has 0 saturated carbocycles. The molecule has 0 bridgehead atoms. The van der Waals surface area contributed by atoms with E-state index < -0.39 is 10.8 Å². The molecular formula is C18H20ClN3O6. The number of halogens is 1. The van der Waals surface area contributed by atoms with Gasteiger partial charge in [0.25, 0.3) is 11.6 Å². The van der Waals surface area contributed by atoms with Gasteiger partial charge in [-0.15, -0.1) is 0 Å². The molecule has 150 valence electrons. The first-order valence-corrected chi connectivity index (χ1v) is 8.53. The highest BCUT2D eigenvalue weighted by Gasteiger charge is 2.19. The van der Waals surface area contributed by atoms with Crippen LogP contribution in [-0.2, 0) is 4.74 Å². The molecule has 0 heterocycles. The van der Waals surface area contributed by atoms with Gasteiger partial charge in [-0.05, 0) is 6.07 Å². The number of nitrogens with one attached hydrogen (secondary N) is 2. The quantitative estimate of drug-likeness (QED) is 0.370. The Balaban J connectivity index is 2.39. The number of nitro groups is 1. The van der Waals surface area contributed by atoms with Crippen molar-refractivity contribution in [3.8, 4) is 11.5 Å². The topological polar surface area (TPSA) is 112 Å². The SMILES string of the molecule is COCCNc1ccc([N+](=O)[O-])cc1C(=O)Nc1cc(OC)c(Cl)cc1OC. The summed E-state index contributed by atoms with van der Waals surface area (Å²) in [5.41, 5.74) is 0.632. The number of rotatable bonds is 9. The van der Waals surface area contributed by atoms with Gasteiger partial charge < -0.3 is 24.8 Å². The average Bonchev–Trinajstić information content (AvgIpc) is 2.69. The van der Waals surface area contributed by atoms with Gasteiger partial charge >= 0.3 is 0 Å². The number of carbonyl (C=O) groups excluding carboxylic acids is 1. The maximum atomic E-state index is 12.9. The zero-order chi connectivity index (χ0) is 20.7. The summed E-state index contributed by atoms with van der Waals surface area (Å²) in [6.07, 6.45) is 0. The number of ether oxygens (including phenoxy) is 3. The van der Waals surface area contributed by atoms with Crippen LogP contribution in [-0.4, -0.2) is 45.3 Å². The minimum absolute atomic E-state index is 0.0984. The Morgan fingerprint density at radius 2 is 1.82 bits per heavy atom. The van der Waals surface area contributed by atoms with E-state index in [0.717, 1.165) is 0 Å². The maximum absolute atomic E-state index is 12.9. The van der Waals surface area contributed by atoms with Crippen LogP contribution >= 0.6 is 11.6 Å². The minimum atomic E-state index is -0.568. The maximum Gasteiger partial charge on any atom is 0.270 e. The summed E-state index contributed by atoms with van der Waals surface area (Å²) in [6.45, 7) is 0.826. The van der Waals surface area contributed by atoms with Gasteiger partial charge in [0.15, 0.2) is 0 Å². The third-order valence-electron chi connectivity index (χ3n) is 3.80. The van der Waals surface area contributed by atoms with Crippen LogP contribution in [0.15, 0.2) is 30.3 Å². The van der Waals surface area contributed by atoms with E-state index in [0.29, 0.717) is 41.0 Å². The van der Waals surface area contributed by atoms with E-state index >= 15 is 0 Å². The van der Waals surface area contributed by atoms with Crippen LogP contribution in [0.3, 0.4) is 0 Å². The molecule has 0 fully saturated rings. The largest absolute Gasteiger partial charge is 0.495 e. The van der Waals surface area contributed by atoms with Crippen LogP contribution in [0.5, 0.6) is 11.5 Å². The molecule has 2 rings (SSSR count). The van der Waals surface area contributed by atoms with E-state index in [9.17, 15) is 14.9 Å². The first-order valence-electron chi connectivity index (χ1n) is 8.15. The minimum Gasteiger partial charge on any atom is -0.495 e. The van der Waals surface area contributed by atoms with Crippen molar-refractivity contribution in [1.82, 2.24) is 0 Å². The first-order chi connectivity index (χ1) is 13.4. The third kappa shape index (κ3) is 5.02. The van der Waals surface area contributed by atoms with Gasteiger partial charge in [0.2, 0.25) is 0 Å². The lowest BCUT2D eigenvalue weighted by molar-refractivity contribution is -0.384. The van der Waals surface area contributed by atoms with Crippen LogP contribution in [0.2, 0.25) is 5.02 Å². The number of anilines is 2. The zero-order valence-corrected chi connectivity index (χ0v) is 16.3. The fourth-order valence-corrected chi connectivity index (χ4v) is 2.65. The molecule has 2 N–H and O–H groups in total. The lowest BCUT2D eigenvalue weighted by Gasteiger charge is -2.15. The summed E-state index contributed by atoms with van der Waals surface area (Å²) < 4.78 is 15.4. The first kappa shape index (κ1) is 21.3. The summed E-state index contributed by atoms with van der Waals surface area (Å²) in [5.74, 6) is 0.0972. The Hall–Kier alpha value is -3.04. The van der Waals surface area contributed by atoms with Gasteiger partial charge in [-0.2, -0.15) is 0 Å². The van der Waals surface area contributed by atoms with Crippen LogP contribution in [0, 0.1) is 10.1 Å². The Morgan fingerprint density at radius 3 is 2.43 bits per heavy atom. The van der Waals surface area contributed by atoms with Gasteiger partial charge in [0.05, 0.1) is 42.0 Å².